The molecule has 0 amide bonds. The Hall–Kier alpha value is -2.21. The maximum absolute atomic E-state index is 13.8. The third-order valence-corrected chi connectivity index (χ3v) is 2.77. The van der Waals surface area contributed by atoms with Gasteiger partial charge in [-0.3, -0.25) is 5.43 Å². The third-order valence-electron chi connectivity index (χ3n) is 2.77. The average molecular weight is 261 g/mol. The number of aryl methyl sites for hydroxylation is 2. The molecular weight excluding hydrogens is 245 g/mol. The molecule has 0 unspecified atom stereocenters. The molecule has 0 fully saturated rings. The van der Waals surface area contributed by atoms with E-state index >= 15 is 0 Å². The summed E-state index contributed by atoms with van der Waals surface area (Å²) >= 11 is 0. The van der Waals surface area contributed by atoms with E-state index in [1.54, 1.807) is 11.9 Å². The second kappa shape index (κ2) is 5.19. The standard InChI is InChI=1S/C13H16FN5/c1-8-4-9(2)6-10(5-8)19(3)12-11(14)7-16-13(17-12)18-15/h4-7H,15H2,1-3H3,(H,16,17,18). The highest BCUT2D eigenvalue weighted by Crippen LogP contribution is 2.26. The number of nitrogens with one attached hydrogen (secondary N) is 1. The molecule has 0 saturated carbocycles. The number of rotatable bonds is 3. The quantitative estimate of drug-likeness (QED) is 0.655. The molecule has 0 aliphatic heterocycles. The lowest BCUT2D eigenvalue weighted by atomic mass is 10.1. The predicted molar refractivity (Wildman–Crippen MR) is 73.8 cm³/mol. The van der Waals surface area contributed by atoms with Crippen LogP contribution in [0.4, 0.5) is 21.8 Å². The van der Waals surface area contributed by atoms with Crippen LogP contribution in [-0.4, -0.2) is 17.0 Å². The van der Waals surface area contributed by atoms with Gasteiger partial charge in [0, 0.05) is 12.7 Å². The SMILES string of the molecule is Cc1cc(C)cc(N(C)c2nc(NN)ncc2F)c1. The number of halogens is 1. The maximum atomic E-state index is 13.8. The third kappa shape index (κ3) is 2.79. The lowest BCUT2D eigenvalue weighted by molar-refractivity contribution is 0.614. The first-order valence-corrected chi connectivity index (χ1v) is 5.82. The van der Waals surface area contributed by atoms with E-state index in [-0.39, 0.29) is 11.8 Å². The van der Waals surface area contributed by atoms with Crippen molar-refractivity contribution in [1.29, 1.82) is 0 Å². The van der Waals surface area contributed by atoms with Gasteiger partial charge in [-0.05, 0) is 37.1 Å². The minimum absolute atomic E-state index is 0.174. The van der Waals surface area contributed by atoms with Crippen LogP contribution < -0.4 is 16.2 Å². The van der Waals surface area contributed by atoms with Crippen molar-refractivity contribution in [3.63, 3.8) is 0 Å². The van der Waals surface area contributed by atoms with Crippen molar-refractivity contribution in [3.05, 3.63) is 41.3 Å². The molecule has 0 saturated heterocycles. The average Bonchev–Trinajstić information content (AvgIpc) is 2.37. The van der Waals surface area contributed by atoms with Crippen molar-refractivity contribution in [2.24, 2.45) is 5.84 Å². The summed E-state index contributed by atoms with van der Waals surface area (Å²) < 4.78 is 13.8. The molecule has 1 aromatic carbocycles. The molecule has 0 spiro atoms. The molecule has 100 valence electrons. The first-order chi connectivity index (χ1) is 9.01. The number of aromatic nitrogens is 2. The Morgan fingerprint density at radius 1 is 1.21 bits per heavy atom. The van der Waals surface area contributed by atoms with E-state index in [2.05, 4.69) is 21.5 Å². The van der Waals surface area contributed by atoms with E-state index in [4.69, 9.17) is 5.84 Å². The lowest BCUT2D eigenvalue weighted by Gasteiger charge is -2.20. The predicted octanol–water partition coefficient (Wildman–Crippen LogP) is 2.29. The zero-order chi connectivity index (χ0) is 14.0. The Kier molecular flexibility index (Phi) is 3.62. The summed E-state index contributed by atoms with van der Waals surface area (Å²) in [4.78, 5) is 9.41. The molecule has 5 nitrogen and oxygen atoms in total. The van der Waals surface area contributed by atoms with Gasteiger partial charge in [-0.1, -0.05) is 6.07 Å². The lowest BCUT2D eigenvalue weighted by Crippen LogP contribution is -2.17. The highest BCUT2D eigenvalue weighted by molar-refractivity contribution is 5.62. The minimum atomic E-state index is -0.499. The number of hydrazine groups is 1. The van der Waals surface area contributed by atoms with Gasteiger partial charge in [0.25, 0.3) is 0 Å². The summed E-state index contributed by atoms with van der Waals surface area (Å²) in [7, 11) is 1.75. The molecule has 2 rings (SSSR count). The number of anilines is 3. The summed E-state index contributed by atoms with van der Waals surface area (Å²) in [6.45, 7) is 3.99. The molecule has 0 radical (unpaired) electrons. The molecule has 1 aromatic heterocycles. The summed E-state index contributed by atoms with van der Waals surface area (Å²) in [6.07, 6.45) is 1.09. The van der Waals surface area contributed by atoms with Crippen molar-refractivity contribution in [2.45, 2.75) is 13.8 Å². The number of nitrogens with two attached hydrogens (primary N) is 1. The Morgan fingerprint density at radius 3 is 2.42 bits per heavy atom. The maximum Gasteiger partial charge on any atom is 0.239 e. The van der Waals surface area contributed by atoms with E-state index in [1.807, 2.05) is 26.0 Å². The molecule has 0 aliphatic rings. The largest absolute Gasteiger partial charge is 0.327 e. The van der Waals surface area contributed by atoms with Gasteiger partial charge in [-0.2, -0.15) is 4.98 Å². The number of nitrogens with zero attached hydrogens (tertiary/aromatic N) is 3. The number of benzene rings is 1. The van der Waals surface area contributed by atoms with Crippen molar-refractivity contribution >= 4 is 17.5 Å². The van der Waals surface area contributed by atoms with Crippen LogP contribution in [0, 0.1) is 19.7 Å². The van der Waals surface area contributed by atoms with Gasteiger partial charge >= 0.3 is 0 Å². The summed E-state index contributed by atoms with van der Waals surface area (Å²) in [6, 6.07) is 5.98. The molecule has 1 heterocycles. The number of hydrogen-bond donors (Lipinski definition) is 2. The van der Waals surface area contributed by atoms with Gasteiger partial charge in [0.1, 0.15) is 0 Å². The van der Waals surface area contributed by atoms with Gasteiger partial charge in [-0.25, -0.2) is 15.2 Å². The second-order valence-corrected chi connectivity index (χ2v) is 4.41. The zero-order valence-electron chi connectivity index (χ0n) is 11.1. The van der Waals surface area contributed by atoms with E-state index in [0.29, 0.717) is 0 Å². The highest BCUT2D eigenvalue weighted by Gasteiger charge is 2.13. The first kappa shape index (κ1) is 13.2. The van der Waals surface area contributed by atoms with Crippen LogP contribution in [0.15, 0.2) is 24.4 Å². The number of nitrogen functional groups attached to an aromatic ring is 1. The molecular formula is C13H16FN5. The van der Waals surface area contributed by atoms with Crippen molar-refractivity contribution < 1.29 is 4.39 Å². The fraction of sp³-hybridized carbons (Fsp3) is 0.231. The van der Waals surface area contributed by atoms with E-state index < -0.39 is 5.82 Å². The fourth-order valence-electron chi connectivity index (χ4n) is 1.93. The molecule has 2 aromatic rings. The van der Waals surface area contributed by atoms with Gasteiger partial charge in [-0.15, -0.1) is 0 Å². The van der Waals surface area contributed by atoms with Crippen LogP contribution in [-0.2, 0) is 0 Å². The Labute approximate surface area is 111 Å². The molecule has 6 heteroatoms. The van der Waals surface area contributed by atoms with Crippen molar-refractivity contribution in [2.75, 3.05) is 17.4 Å². The smallest absolute Gasteiger partial charge is 0.239 e. The van der Waals surface area contributed by atoms with Crippen LogP contribution >= 0.6 is 0 Å². The van der Waals surface area contributed by atoms with Gasteiger partial charge < -0.3 is 4.90 Å². The highest BCUT2D eigenvalue weighted by atomic mass is 19.1. The number of hydrogen-bond acceptors (Lipinski definition) is 5. The first-order valence-electron chi connectivity index (χ1n) is 5.82. The molecule has 3 N–H and O–H groups in total. The van der Waals surface area contributed by atoms with Crippen LogP contribution in [0.5, 0.6) is 0 Å². The van der Waals surface area contributed by atoms with Crippen LogP contribution in [0.3, 0.4) is 0 Å². The Bertz CT molecular complexity index is 579. The summed E-state index contributed by atoms with van der Waals surface area (Å²) in [5, 5.41) is 0. The van der Waals surface area contributed by atoms with E-state index in [0.717, 1.165) is 23.0 Å². The molecule has 0 aliphatic carbocycles. The second-order valence-electron chi connectivity index (χ2n) is 4.41. The minimum Gasteiger partial charge on any atom is -0.327 e. The fourth-order valence-corrected chi connectivity index (χ4v) is 1.93. The Morgan fingerprint density at radius 2 is 1.84 bits per heavy atom. The van der Waals surface area contributed by atoms with E-state index in [9.17, 15) is 4.39 Å². The van der Waals surface area contributed by atoms with Crippen LogP contribution in [0.2, 0.25) is 0 Å². The summed E-state index contributed by atoms with van der Waals surface area (Å²) in [5.41, 5.74) is 5.38. The van der Waals surface area contributed by atoms with Crippen molar-refractivity contribution in [3.8, 4) is 0 Å². The van der Waals surface area contributed by atoms with Gasteiger partial charge in [0.05, 0.1) is 6.20 Å². The van der Waals surface area contributed by atoms with Gasteiger partial charge in [0.15, 0.2) is 11.6 Å². The monoisotopic (exact) mass is 261 g/mol. The van der Waals surface area contributed by atoms with E-state index in [1.165, 1.54) is 0 Å². The molecule has 0 atom stereocenters. The molecule has 19 heavy (non-hydrogen) atoms. The normalized spacial score (nSPS) is 10.4. The van der Waals surface area contributed by atoms with Crippen LogP contribution in [0.1, 0.15) is 11.1 Å². The van der Waals surface area contributed by atoms with Gasteiger partial charge in [0.2, 0.25) is 5.95 Å². The van der Waals surface area contributed by atoms with Crippen molar-refractivity contribution in [1.82, 2.24) is 9.97 Å². The zero-order valence-corrected chi connectivity index (χ0v) is 11.1. The molecule has 0 bridgehead atoms. The van der Waals surface area contributed by atoms with Crippen LogP contribution in [0.25, 0.3) is 0 Å². The Balaban J connectivity index is 2.45. The summed E-state index contributed by atoms with van der Waals surface area (Å²) in [5.74, 6) is 5.09. The topological polar surface area (TPSA) is 67.1 Å².